The van der Waals surface area contributed by atoms with E-state index in [-0.39, 0.29) is 0 Å². The third kappa shape index (κ3) is 2.82. The van der Waals surface area contributed by atoms with E-state index in [0.717, 1.165) is 11.3 Å². The summed E-state index contributed by atoms with van der Waals surface area (Å²) in [5.74, 6) is 0.577. The van der Waals surface area contributed by atoms with Gasteiger partial charge in [0.2, 0.25) is 10.6 Å². The zero-order chi connectivity index (χ0) is 14.8. The monoisotopic (exact) mass is 298 g/mol. The van der Waals surface area contributed by atoms with Gasteiger partial charge in [-0.1, -0.05) is 29.8 Å². The maximum atomic E-state index is 5.21. The summed E-state index contributed by atoms with van der Waals surface area (Å²) in [7, 11) is 0. The Hall–Kier alpha value is -2.54. The first kappa shape index (κ1) is 13.4. The van der Waals surface area contributed by atoms with Gasteiger partial charge in [-0.05, 0) is 37.7 Å². The topological polar surface area (TPSA) is 74.7 Å². The Bertz CT molecular complexity index is 837. The minimum absolute atomic E-state index is 0.425. The molecule has 0 saturated heterocycles. The highest BCUT2D eigenvalue weighted by Crippen LogP contribution is 2.15. The number of H-pyrrole nitrogens is 2. The van der Waals surface area contributed by atoms with Gasteiger partial charge in [0.25, 0.3) is 0 Å². The van der Waals surface area contributed by atoms with Crippen LogP contribution in [-0.2, 0) is 0 Å². The summed E-state index contributed by atoms with van der Waals surface area (Å²) in [5, 5.41) is 18.4. The first-order chi connectivity index (χ1) is 10.1. The molecule has 0 bridgehead atoms. The minimum atomic E-state index is 0.425. The summed E-state index contributed by atoms with van der Waals surface area (Å²) in [6, 6.07) is 9.96. The summed E-state index contributed by atoms with van der Waals surface area (Å²) in [6.07, 6.45) is 1.74. The highest BCUT2D eigenvalue weighted by atomic mass is 32.1. The van der Waals surface area contributed by atoms with Gasteiger partial charge in [-0.15, -0.1) is 0 Å². The Labute approximate surface area is 126 Å². The number of hydrogen-bond acceptors (Lipinski definition) is 4. The fraction of sp³-hybridized carbons (Fsp3) is 0.143. The van der Waals surface area contributed by atoms with Crippen LogP contribution < -0.4 is 0 Å². The molecule has 0 aliphatic heterocycles. The van der Waals surface area contributed by atoms with E-state index in [0.29, 0.717) is 16.3 Å². The summed E-state index contributed by atoms with van der Waals surface area (Å²) in [4.78, 5) is 0. The molecule has 2 heterocycles. The second-order valence-corrected chi connectivity index (χ2v) is 5.14. The third-order valence-electron chi connectivity index (χ3n) is 2.99. The number of nitrogens with zero attached hydrogens (tertiary/aromatic N) is 4. The van der Waals surface area contributed by atoms with E-state index in [1.54, 1.807) is 10.9 Å². The molecule has 0 amide bonds. The first-order valence-electron chi connectivity index (χ1n) is 6.44. The number of aromatic nitrogens is 5. The Kier molecular flexibility index (Phi) is 3.49. The van der Waals surface area contributed by atoms with E-state index in [1.807, 2.05) is 44.2 Å². The highest BCUT2D eigenvalue weighted by Gasteiger charge is 2.10. The van der Waals surface area contributed by atoms with Crippen LogP contribution in [0.4, 0.5) is 0 Å². The van der Waals surface area contributed by atoms with Crippen LogP contribution in [0.25, 0.3) is 11.5 Å². The second-order valence-electron chi connectivity index (χ2n) is 4.76. The highest BCUT2D eigenvalue weighted by molar-refractivity contribution is 7.71. The Balaban J connectivity index is 1.97. The van der Waals surface area contributed by atoms with Crippen molar-refractivity contribution in [3.05, 3.63) is 51.9 Å². The molecule has 7 heteroatoms. The number of aromatic amines is 2. The molecule has 0 aliphatic carbocycles. The molecule has 0 fully saturated rings. The summed E-state index contributed by atoms with van der Waals surface area (Å²) in [6.45, 7) is 3.97. The molecule has 0 saturated carbocycles. The van der Waals surface area contributed by atoms with E-state index in [9.17, 15) is 0 Å². The number of aryl methyl sites for hydroxylation is 2. The Morgan fingerprint density at radius 2 is 1.90 bits per heavy atom. The van der Waals surface area contributed by atoms with Gasteiger partial charge >= 0.3 is 0 Å². The first-order valence-corrected chi connectivity index (χ1v) is 6.85. The molecule has 106 valence electrons. The molecule has 0 unspecified atom stereocenters. The van der Waals surface area contributed by atoms with Crippen LogP contribution in [0.2, 0.25) is 0 Å². The summed E-state index contributed by atoms with van der Waals surface area (Å²) >= 11 is 5.21. The largest absolute Gasteiger partial charge is 0.282 e. The van der Waals surface area contributed by atoms with Crippen LogP contribution in [-0.4, -0.2) is 31.3 Å². The average Bonchev–Trinajstić information content (AvgIpc) is 3.05. The molecule has 21 heavy (non-hydrogen) atoms. The van der Waals surface area contributed by atoms with Crippen LogP contribution in [0.15, 0.2) is 35.4 Å². The molecule has 0 aliphatic rings. The third-order valence-corrected chi connectivity index (χ3v) is 3.25. The predicted octanol–water partition coefficient (Wildman–Crippen LogP) is 2.83. The Morgan fingerprint density at radius 1 is 1.14 bits per heavy atom. The normalized spacial score (nSPS) is 11.3. The standard InChI is InChI=1S/C14H14N6S/c1-9-3-5-11(6-4-9)8-15-20-13(18-19-14(20)21)12-7-10(2)16-17-12/h3-8H,1-2H3,(H,16,17)(H,19,21)/b15-8+. The number of rotatable bonds is 3. The van der Waals surface area contributed by atoms with Crippen molar-refractivity contribution < 1.29 is 0 Å². The molecule has 2 N–H and O–H groups in total. The fourth-order valence-corrected chi connectivity index (χ4v) is 2.05. The lowest BCUT2D eigenvalue weighted by atomic mass is 10.2. The lowest BCUT2D eigenvalue weighted by Gasteiger charge is -1.97. The summed E-state index contributed by atoms with van der Waals surface area (Å²) < 4.78 is 1.99. The van der Waals surface area contributed by atoms with Crippen molar-refractivity contribution in [1.82, 2.24) is 25.1 Å². The maximum Gasteiger partial charge on any atom is 0.216 e. The molecule has 1 aromatic carbocycles. The van der Waals surface area contributed by atoms with Crippen molar-refractivity contribution in [2.24, 2.45) is 5.10 Å². The van der Waals surface area contributed by atoms with Crippen molar-refractivity contribution in [3.63, 3.8) is 0 Å². The van der Waals surface area contributed by atoms with Crippen LogP contribution in [0.3, 0.4) is 0 Å². The molecule has 2 aromatic heterocycles. The van der Waals surface area contributed by atoms with E-state index in [1.165, 1.54) is 5.56 Å². The van der Waals surface area contributed by atoms with Gasteiger partial charge < -0.3 is 0 Å². The van der Waals surface area contributed by atoms with Gasteiger partial charge in [0, 0.05) is 5.69 Å². The van der Waals surface area contributed by atoms with Gasteiger partial charge in [-0.3, -0.25) is 5.10 Å². The Morgan fingerprint density at radius 3 is 2.57 bits per heavy atom. The van der Waals surface area contributed by atoms with Crippen LogP contribution in [0.1, 0.15) is 16.8 Å². The molecule has 3 rings (SSSR count). The zero-order valence-electron chi connectivity index (χ0n) is 11.7. The molecular formula is C14H14N6S. The van der Waals surface area contributed by atoms with Gasteiger partial charge in [-0.2, -0.15) is 20.0 Å². The smallest absolute Gasteiger partial charge is 0.216 e. The van der Waals surface area contributed by atoms with Crippen molar-refractivity contribution in [3.8, 4) is 11.5 Å². The average molecular weight is 298 g/mol. The predicted molar refractivity (Wildman–Crippen MR) is 83.9 cm³/mol. The molecular weight excluding hydrogens is 284 g/mol. The van der Waals surface area contributed by atoms with E-state index in [2.05, 4.69) is 25.5 Å². The summed E-state index contributed by atoms with van der Waals surface area (Å²) in [5.41, 5.74) is 3.85. The molecule has 6 nitrogen and oxygen atoms in total. The van der Waals surface area contributed by atoms with Crippen molar-refractivity contribution in [2.75, 3.05) is 0 Å². The fourth-order valence-electron chi connectivity index (χ4n) is 1.87. The lowest BCUT2D eigenvalue weighted by molar-refractivity contribution is 0.865. The van der Waals surface area contributed by atoms with Crippen molar-refractivity contribution in [2.45, 2.75) is 13.8 Å². The van der Waals surface area contributed by atoms with Gasteiger partial charge in [-0.25, -0.2) is 5.10 Å². The number of benzene rings is 1. The minimum Gasteiger partial charge on any atom is -0.282 e. The van der Waals surface area contributed by atoms with Gasteiger partial charge in [0.15, 0.2) is 0 Å². The van der Waals surface area contributed by atoms with Crippen LogP contribution in [0, 0.1) is 18.6 Å². The van der Waals surface area contributed by atoms with Gasteiger partial charge in [0.1, 0.15) is 5.69 Å². The lowest BCUT2D eigenvalue weighted by Crippen LogP contribution is -1.95. The quantitative estimate of drug-likeness (QED) is 0.577. The zero-order valence-corrected chi connectivity index (χ0v) is 12.5. The second kappa shape index (κ2) is 5.45. The van der Waals surface area contributed by atoms with Crippen LogP contribution >= 0.6 is 12.2 Å². The molecule has 0 atom stereocenters. The molecule has 0 radical (unpaired) electrons. The van der Waals surface area contributed by atoms with E-state index in [4.69, 9.17) is 12.2 Å². The van der Waals surface area contributed by atoms with Crippen molar-refractivity contribution in [1.29, 1.82) is 0 Å². The SMILES string of the molecule is Cc1ccc(/C=N/n2c(-c3cc(C)[nH]n3)n[nH]c2=S)cc1. The number of nitrogens with one attached hydrogen (secondary N) is 2. The van der Waals surface area contributed by atoms with E-state index >= 15 is 0 Å². The van der Waals surface area contributed by atoms with E-state index < -0.39 is 0 Å². The molecule has 3 aromatic rings. The van der Waals surface area contributed by atoms with Crippen molar-refractivity contribution >= 4 is 18.4 Å². The van der Waals surface area contributed by atoms with Gasteiger partial charge in [0.05, 0.1) is 6.21 Å². The number of hydrogen-bond donors (Lipinski definition) is 2. The molecule has 0 spiro atoms. The van der Waals surface area contributed by atoms with Crippen LogP contribution in [0.5, 0.6) is 0 Å². The maximum absolute atomic E-state index is 5.21.